The van der Waals surface area contributed by atoms with Crippen molar-refractivity contribution in [2.45, 2.75) is 31.1 Å². The predicted octanol–water partition coefficient (Wildman–Crippen LogP) is 17.2. The number of anilines is 3. The molecule has 2 nitrogen and oxygen atoms in total. The van der Waals surface area contributed by atoms with E-state index in [9.17, 15) is 0 Å². The van der Waals surface area contributed by atoms with Crippen LogP contribution in [0.1, 0.15) is 36.8 Å². The van der Waals surface area contributed by atoms with Crippen LogP contribution in [0.4, 0.5) is 17.1 Å². The minimum atomic E-state index is 0.111. The molecule has 16 rings (SSSR count). The van der Waals surface area contributed by atoms with Crippen molar-refractivity contribution >= 4 is 60.4 Å². The summed E-state index contributed by atoms with van der Waals surface area (Å²) >= 11 is 0. The fraction of sp³-hybridized carbons (Fsp3) is 0.152. The largest absolute Gasteiger partial charge is 0.310 e. The zero-order valence-electron chi connectivity index (χ0n) is 37.8. The van der Waals surface area contributed by atoms with Gasteiger partial charge < -0.3 is 9.47 Å². The third-order valence-corrected chi connectivity index (χ3v) is 18.2. The lowest BCUT2D eigenvalue weighted by atomic mass is 9.27. The van der Waals surface area contributed by atoms with Gasteiger partial charge in [-0.1, -0.05) is 152 Å². The molecule has 6 atom stereocenters. The Kier molecular flexibility index (Phi) is 7.42. The molecule has 1 aromatic heterocycles. The molecule has 5 aliphatic rings. The van der Waals surface area contributed by atoms with E-state index in [1.807, 2.05) is 0 Å². The van der Waals surface area contributed by atoms with Gasteiger partial charge in [0.15, 0.2) is 0 Å². The molecule has 68 heavy (non-hydrogen) atoms. The number of hydrogen-bond acceptors (Lipinski definition) is 1. The molecular formula is C66H48N2. The molecule has 322 valence electrons. The van der Waals surface area contributed by atoms with Crippen LogP contribution in [0.15, 0.2) is 218 Å². The van der Waals surface area contributed by atoms with Crippen LogP contribution in [-0.4, -0.2) is 4.57 Å². The molecule has 11 aromatic rings. The summed E-state index contributed by atoms with van der Waals surface area (Å²) in [7, 11) is 0. The fourth-order valence-corrected chi connectivity index (χ4v) is 15.7. The van der Waals surface area contributed by atoms with E-state index >= 15 is 0 Å². The summed E-state index contributed by atoms with van der Waals surface area (Å²) in [5.74, 6) is 3.35. The van der Waals surface area contributed by atoms with Crippen molar-refractivity contribution in [2.75, 3.05) is 4.90 Å². The highest BCUT2D eigenvalue weighted by Crippen LogP contribution is 2.89. The van der Waals surface area contributed by atoms with Crippen LogP contribution in [0.2, 0.25) is 0 Å². The van der Waals surface area contributed by atoms with E-state index in [0.29, 0.717) is 5.41 Å². The van der Waals surface area contributed by atoms with Gasteiger partial charge >= 0.3 is 0 Å². The van der Waals surface area contributed by atoms with Crippen LogP contribution < -0.4 is 4.90 Å². The third-order valence-electron chi connectivity index (χ3n) is 18.2. The van der Waals surface area contributed by atoms with Crippen molar-refractivity contribution in [1.29, 1.82) is 0 Å². The van der Waals surface area contributed by atoms with E-state index in [0.717, 1.165) is 29.4 Å². The molecule has 10 aromatic carbocycles. The fourth-order valence-electron chi connectivity index (χ4n) is 15.7. The number of aromatic nitrogens is 1. The van der Waals surface area contributed by atoms with E-state index in [4.69, 9.17) is 0 Å². The molecule has 6 unspecified atom stereocenters. The van der Waals surface area contributed by atoms with Crippen molar-refractivity contribution in [3.63, 3.8) is 0 Å². The number of benzene rings is 10. The first-order valence-corrected chi connectivity index (χ1v) is 24.9. The summed E-state index contributed by atoms with van der Waals surface area (Å²) in [5.41, 5.74) is 19.0. The van der Waals surface area contributed by atoms with Gasteiger partial charge in [0, 0.05) is 38.9 Å². The molecule has 0 radical (unpaired) electrons. The second-order valence-electron chi connectivity index (χ2n) is 20.9. The van der Waals surface area contributed by atoms with E-state index in [1.165, 1.54) is 119 Å². The summed E-state index contributed by atoms with van der Waals surface area (Å²) in [6.45, 7) is 0. The van der Waals surface area contributed by atoms with Crippen LogP contribution in [0.3, 0.4) is 0 Å². The van der Waals surface area contributed by atoms with Crippen molar-refractivity contribution in [1.82, 2.24) is 4.57 Å². The first-order valence-electron chi connectivity index (χ1n) is 24.9. The summed E-state index contributed by atoms with van der Waals surface area (Å²) < 4.78 is 2.42. The van der Waals surface area contributed by atoms with Gasteiger partial charge in [0.05, 0.1) is 11.0 Å². The molecule has 5 aliphatic carbocycles. The van der Waals surface area contributed by atoms with Crippen molar-refractivity contribution in [3.05, 3.63) is 230 Å². The highest BCUT2D eigenvalue weighted by atomic mass is 15.1. The first-order chi connectivity index (χ1) is 33.6. The molecule has 0 aliphatic heterocycles. The van der Waals surface area contributed by atoms with Crippen molar-refractivity contribution in [3.8, 4) is 39.1 Å². The molecule has 1 heterocycles. The number of nitrogens with zero attached hydrogens (tertiary/aromatic N) is 2. The Labute approximate surface area is 396 Å². The minimum absolute atomic E-state index is 0.111. The quantitative estimate of drug-likeness (QED) is 0.151. The number of hydrogen-bond donors (Lipinski definition) is 0. The smallest absolute Gasteiger partial charge is 0.0541 e. The Hall–Kier alpha value is -7.68. The maximum Gasteiger partial charge on any atom is 0.0541 e. The second kappa shape index (κ2) is 13.5. The maximum absolute atomic E-state index is 2.58. The number of fused-ring (bicyclic) bond motifs is 14. The van der Waals surface area contributed by atoms with Gasteiger partial charge in [0.25, 0.3) is 0 Å². The predicted molar refractivity (Wildman–Crippen MR) is 282 cm³/mol. The topological polar surface area (TPSA) is 8.17 Å². The van der Waals surface area contributed by atoms with Gasteiger partial charge in [-0.3, -0.25) is 0 Å². The summed E-state index contributed by atoms with van der Waals surface area (Å²) in [5, 5.41) is 7.69. The lowest BCUT2D eigenvalue weighted by Crippen LogP contribution is -2.73. The minimum Gasteiger partial charge on any atom is -0.310 e. The molecule has 0 N–H and O–H groups in total. The highest BCUT2D eigenvalue weighted by Gasteiger charge is 2.84. The zero-order chi connectivity index (χ0) is 44.3. The normalized spacial score (nSPS) is 23.5. The van der Waals surface area contributed by atoms with E-state index in [-0.39, 0.29) is 5.41 Å². The second-order valence-corrected chi connectivity index (χ2v) is 20.9. The summed E-state index contributed by atoms with van der Waals surface area (Å²) in [6.07, 6.45) is 5.74. The van der Waals surface area contributed by atoms with E-state index in [2.05, 4.69) is 228 Å². The Balaban J connectivity index is 0.856. The van der Waals surface area contributed by atoms with Gasteiger partial charge in [0.1, 0.15) is 0 Å². The SMILES string of the molecule is c1ccc(-c2ccc(N(c3ccc4c(c3)-c3cc(-c5ccc(-n6c7ccccc7c7ccccc76)cc5)ccc3C43C4CC5CC6CC3C64C5)c3ccc4c(ccc5ccccc54)c3)cc2)cc1. The maximum atomic E-state index is 2.58. The van der Waals surface area contributed by atoms with Crippen LogP contribution in [0, 0.1) is 29.1 Å². The van der Waals surface area contributed by atoms with Crippen LogP contribution in [0.25, 0.3) is 82.4 Å². The summed E-state index contributed by atoms with van der Waals surface area (Å²) in [4.78, 5) is 2.50. The monoisotopic (exact) mass is 868 g/mol. The molecule has 2 heteroatoms. The molecule has 2 bridgehead atoms. The Morgan fingerprint density at radius 1 is 0.397 bits per heavy atom. The van der Waals surface area contributed by atoms with Crippen LogP contribution in [0.5, 0.6) is 0 Å². The zero-order valence-corrected chi connectivity index (χ0v) is 37.8. The third kappa shape index (κ3) is 4.78. The van der Waals surface area contributed by atoms with E-state index < -0.39 is 0 Å². The standard InChI is InChI=1S/C66H48N2/c1-2-10-42(11-3-1)43-20-25-49(26-21-43)67(51-29-31-54-47(36-51)19-18-45-12-4-5-13-53(45)54)52-30-33-60-58(39-52)57-37-46(24-32-59(57)66(60)63-35-41-34-48-38-64(66)65(48,63)40-41)44-22-27-50(28-23-44)68-61-16-8-6-14-55(61)56-15-7-9-17-62(56)68/h1-33,36-37,39,41,48,63-64H,34-35,38,40H2. The number of para-hydroxylation sites is 2. The lowest BCUT2D eigenvalue weighted by Gasteiger charge is -2.76. The van der Waals surface area contributed by atoms with Crippen LogP contribution in [-0.2, 0) is 5.41 Å². The average Bonchev–Trinajstić information content (AvgIpc) is 4.13. The van der Waals surface area contributed by atoms with Gasteiger partial charge in [-0.2, -0.15) is 0 Å². The Morgan fingerprint density at radius 3 is 1.74 bits per heavy atom. The molecule has 4 fully saturated rings. The van der Waals surface area contributed by atoms with Crippen molar-refractivity contribution < 1.29 is 0 Å². The first kappa shape index (κ1) is 37.4. The summed E-state index contributed by atoms with van der Waals surface area (Å²) in [6, 6.07) is 82.5. The molecule has 2 spiro atoms. The number of rotatable bonds is 6. The van der Waals surface area contributed by atoms with E-state index in [1.54, 1.807) is 11.1 Å². The molecule has 0 amide bonds. The molecule has 4 saturated carbocycles. The lowest BCUT2D eigenvalue weighted by molar-refractivity contribution is -0.231. The Morgan fingerprint density at radius 2 is 0.956 bits per heavy atom. The van der Waals surface area contributed by atoms with Gasteiger partial charge in [-0.25, -0.2) is 0 Å². The Bertz CT molecular complexity index is 3850. The average molecular weight is 869 g/mol. The van der Waals surface area contributed by atoms with Gasteiger partial charge in [0.2, 0.25) is 0 Å². The molecule has 0 saturated heterocycles. The van der Waals surface area contributed by atoms with Crippen molar-refractivity contribution in [2.24, 2.45) is 29.1 Å². The van der Waals surface area contributed by atoms with Gasteiger partial charge in [-0.15, -0.1) is 0 Å². The van der Waals surface area contributed by atoms with Gasteiger partial charge in [-0.05, 0) is 188 Å². The highest BCUT2D eigenvalue weighted by molar-refractivity contribution is 6.10. The van der Waals surface area contributed by atoms with Crippen LogP contribution >= 0.6 is 0 Å². The molecular weight excluding hydrogens is 821 g/mol.